The summed E-state index contributed by atoms with van der Waals surface area (Å²) in [6.45, 7) is 1.22. The summed E-state index contributed by atoms with van der Waals surface area (Å²) < 4.78 is 38.2. The number of piperidine rings is 1. The Morgan fingerprint density at radius 2 is 1.87 bits per heavy atom. The van der Waals surface area contributed by atoms with Gasteiger partial charge in [0.1, 0.15) is 11.5 Å². The van der Waals surface area contributed by atoms with Crippen molar-refractivity contribution in [1.82, 2.24) is 9.88 Å². The topological polar surface area (TPSA) is 36.4 Å². The van der Waals surface area contributed by atoms with Crippen molar-refractivity contribution in [2.45, 2.75) is 37.9 Å². The number of carbonyl (C=O) groups excluding carboxylic acids is 1. The van der Waals surface area contributed by atoms with Crippen molar-refractivity contribution >= 4 is 11.7 Å². The third kappa shape index (κ3) is 3.59. The number of hydrogen-bond donors (Lipinski definition) is 0. The second-order valence-electron chi connectivity index (χ2n) is 6.32. The van der Waals surface area contributed by atoms with Crippen LogP contribution >= 0.6 is 0 Å². The molecule has 0 spiro atoms. The highest BCUT2D eigenvalue weighted by atomic mass is 19.4. The Labute approximate surface area is 133 Å². The number of carbonyl (C=O) groups is 1. The van der Waals surface area contributed by atoms with E-state index in [1.807, 2.05) is 16.8 Å². The first-order chi connectivity index (χ1) is 10.9. The molecule has 0 unspecified atom stereocenters. The first kappa shape index (κ1) is 16.1. The molecule has 0 N–H and O–H groups in total. The minimum absolute atomic E-state index is 0.171. The van der Waals surface area contributed by atoms with E-state index < -0.39 is 11.9 Å². The van der Waals surface area contributed by atoms with Crippen molar-refractivity contribution in [3.63, 3.8) is 0 Å². The van der Waals surface area contributed by atoms with Crippen molar-refractivity contribution in [3.05, 3.63) is 23.9 Å². The summed E-state index contributed by atoms with van der Waals surface area (Å²) in [4.78, 5) is 19.5. The van der Waals surface area contributed by atoms with E-state index in [2.05, 4.69) is 4.98 Å². The molecule has 0 radical (unpaired) electrons. The molecule has 1 aromatic heterocycles. The molecule has 3 rings (SSSR count). The highest BCUT2D eigenvalue weighted by molar-refractivity contribution is 5.81. The Hall–Kier alpha value is -1.79. The molecular formula is C16H20F3N3O. The molecule has 1 amide bonds. The van der Waals surface area contributed by atoms with E-state index >= 15 is 0 Å². The lowest BCUT2D eigenvalue weighted by molar-refractivity contribution is -0.141. The van der Waals surface area contributed by atoms with Gasteiger partial charge in [-0.05, 0) is 37.8 Å². The molecule has 1 saturated carbocycles. The van der Waals surface area contributed by atoms with Crippen LogP contribution in [0.4, 0.5) is 19.0 Å². The number of rotatable bonds is 3. The minimum atomic E-state index is -4.43. The van der Waals surface area contributed by atoms with Crippen LogP contribution in [-0.2, 0) is 11.0 Å². The van der Waals surface area contributed by atoms with E-state index in [9.17, 15) is 18.0 Å². The maximum absolute atomic E-state index is 12.7. The number of amides is 1. The number of anilines is 1. The summed E-state index contributed by atoms with van der Waals surface area (Å²) in [7, 11) is 1.84. The summed E-state index contributed by atoms with van der Waals surface area (Å²) in [6.07, 6.45) is -0.947. The van der Waals surface area contributed by atoms with Crippen molar-refractivity contribution in [2.24, 2.45) is 5.92 Å². The van der Waals surface area contributed by atoms with Gasteiger partial charge in [-0.15, -0.1) is 0 Å². The van der Waals surface area contributed by atoms with Crippen molar-refractivity contribution in [3.8, 4) is 0 Å². The predicted molar refractivity (Wildman–Crippen MR) is 80.0 cm³/mol. The van der Waals surface area contributed by atoms with Crippen LogP contribution in [0.15, 0.2) is 18.2 Å². The largest absolute Gasteiger partial charge is 0.433 e. The lowest BCUT2D eigenvalue weighted by atomic mass is 10.0. The van der Waals surface area contributed by atoms with Crippen LogP contribution in [0, 0.1) is 5.92 Å². The molecule has 0 atom stereocenters. The standard InChI is InChI=1S/C16H20F3N3O/c1-21(15(23)11-5-6-11)12-7-9-22(10-8-12)14-4-2-3-13(20-14)16(17,18)19/h2-4,11-12H,5-10H2,1H3. The number of pyridine rings is 1. The number of halogens is 3. The van der Waals surface area contributed by atoms with Crippen LogP contribution in [-0.4, -0.2) is 42.0 Å². The van der Waals surface area contributed by atoms with E-state index in [1.54, 1.807) is 6.07 Å². The molecule has 0 aromatic carbocycles. The van der Waals surface area contributed by atoms with Gasteiger partial charge in [-0.1, -0.05) is 6.07 Å². The third-order valence-corrected chi connectivity index (χ3v) is 4.64. The van der Waals surface area contributed by atoms with Gasteiger partial charge in [0.15, 0.2) is 0 Å². The van der Waals surface area contributed by atoms with Gasteiger partial charge in [-0.2, -0.15) is 13.2 Å². The van der Waals surface area contributed by atoms with Gasteiger partial charge in [0.2, 0.25) is 5.91 Å². The summed E-state index contributed by atoms with van der Waals surface area (Å²) in [6, 6.07) is 4.15. The lowest BCUT2D eigenvalue weighted by Crippen LogP contribution is -2.46. The minimum Gasteiger partial charge on any atom is -0.356 e. The fourth-order valence-electron chi connectivity index (χ4n) is 3.04. The zero-order valence-electron chi connectivity index (χ0n) is 13.0. The molecule has 2 fully saturated rings. The van der Waals surface area contributed by atoms with Gasteiger partial charge in [0, 0.05) is 32.1 Å². The lowest BCUT2D eigenvalue weighted by Gasteiger charge is -2.37. The second-order valence-corrected chi connectivity index (χ2v) is 6.32. The number of hydrogen-bond acceptors (Lipinski definition) is 3. The van der Waals surface area contributed by atoms with Crippen LogP contribution in [0.1, 0.15) is 31.4 Å². The third-order valence-electron chi connectivity index (χ3n) is 4.64. The smallest absolute Gasteiger partial charge is 0.356 e. The number of nitrogens with zero attached hydrogens (tertiary/aromatic N) is 3. The van der Waals surface area contributed by atoms with Gasteiger partial charge in [0.05, 0.1) is 0 Å². The second kappa shape index (κ2) is 6.02. The van der Waals surface area contributed by atoms with E-state index in [0.29, 0.717) is 18.9 Å². The first-order valence-corrected chi connectivity index (χ1v) is 7.92. The molecule has 1 saturated heterocycles. The molecule has 0 bridgehead atoms. The zero-order chi connectivity index (χ0) is 16.6. The molecular weight excluding hydrogens is 307 g/mol. The monoisotopic (exact) mass is 327 g/mol. The number of alkyl halides is 3. The highest BCUT2D eigenvalue weighted by Gasteiger charge is 2.36. The molecule has 126 valence electrons. The Kier molecular flexibility index (Phi) is 4.21. The molecule has 2 heterocycles. The molecule has 1 aromatic rings. The van der Waals surface area contributed by atoms with Crippen molar-refractivity contribution in [1.29, 1.82) is 0 Å². The summed E-state index contributed by atoms with van der Waals surface area (Å²) in [5.41, 5.74) is -0.863. The number of aromatic nitrogens is 1. The summed E-state index contributed by atoms with van der Waals surface area (Å²) in [5.74, 6) is 0.762. The van der Waals surface area contributed by atoms with Crippen LogP contribution in [0.25, 0.3) is 0 Å². The summed E-state index contributed by atoms with van der Waals surface area (Å²) >= 11 is 0. The highest BCUT2D eigenvalue weighted by Crippen LogP contribution is 2.33. The van der Waals surface area contributed by atoms with Crippen molar-refractivity contribution < 1.29 is 18.0 Å². The fourth-order valence-corrected chi connectivity index (χ4v) is 3.04. The predicted octanol–water partition coefficient (Wildman–Crippen LogP) is 2.94. The van der Waals surface area contributed by atoms with Gasteiger partial charge in [0.25, 0.3) is 0 Å². The average Bonchev–Trinajstić information content (AvgIpc) is 3.38. The van der Waals surface area contributed by atoms with Crippen molar-refractivity contribution in [2.75, 3.05) is 25.0 Å². The quantitative estimate of drug-likeness (QED) is 0.856. The van der Waals surface area contributed by atoms with E-state index in [0.717, 1.165) is 31.7 Å². The average molecular weight is 327 g/mol. The Morgan fingerprint density at radius 3 is 2.43 bits per heavy atom. The Morgan fingerprint density at radius 1 is 1.22 bits per heavy atom. The van der Waals surface area contributed by atoms with Gasteiger partial charge < -0.3 is 9.80 Å². The van der Waals surface area contributed by atoms with Crippen LogP contribution in [0.5, 0.6) is 0 Å². The molecule has 23 heavy (non-hydrogen) atoms. The van der Waals surface area contributed by atoms with Crippen LogP contribution in [0.2, 0.25) is 0 Å². The summed E-state index contributed by atoms with van der Waals surface area (Å²) in [5, 5.41) is 0. The first-order valence-electron chi connectivity index (χ1n) is 7.92. The molecule has 4 nitrogen and oxygen atoms in total. The van der Waals surface area contributed by atoms with E-state index in [1.165, 1.54) is 6.07 Å². The van der Waals surface area contributed by atoms with E-state index in [-0.39, 0.29) is 17.9 Å². The maximum Gasteiger partial charge on any atom is 0.433 e. The molecule has 1 aliphatic carbocycles. The van der Waals surface area contributed by atoms with E-state index in [4.69, 9.17) is 0 Å². The molecule has 1 aliphatic heterocycles. The molecule has 2 aliphatic rings. The van der Waals surface area contributed by atoms with Gasteiger partial charge in [-0.3, -0.25) is 4.79 Å². The van der Waals surface area contributed by atoms with Gasteiger partial charge in [-0.25, -0.2) is 4.98 Å². The zero-order valence-corrected chi connectivity index (χ0v) is 13.0. The fraction of sp³-hybridized carbons (Fsp3) is 0.625. The van der Waals surface area contributed by atoms with Crippen LogP contribution in [0.3, 0.4) is 0 Å². The van der Waals surface area contributed by atoms with Crippen LogP contribution < -0.4 is 4.90 Å². The molecule has 7 heteroatoms. The maximum atomic E-state index is 12.7. The normalized spacial score (nSPS) is 19.7. The van der Waals surface area contributed by atoms with Gasteiger partial charge >= 0.3 is 6.18 Å². The Bertz CT molecular complexity index is 578. The Balaban J connectivity index is 1.61. The SMILES string of the molecule is CN(C(=O)C1CC1)C1CCN(c2cccc(C(F)(F)F)n2)CC1.